The van der Waals surface area contributed by atoms with Crippen LogP contribution in [0.15, 0.2) is 36.4 Å². The molecule has 0 heterocycles. The van der Waals surface area contributed by atoms with Crippen LogP contribution in [0.5, 0.6) is 0 Å². The van der Waals surface area contributed by atoms with E-state index < -0.39 is 34.8 Å². The highest BCUT2D eigenvalue weighted by atomic mass is 35.5. The number of anilines is 1. The summed E-state index contributed by atoms with van der Waals surface area (Å²) >= 11 is 5.56. The molecule has 0 saturated heterocycles. The summed E-state index contributed by atoms with van der Waals surface area (Å²) in [4.78, 5) is 22.9. The van der Waals surface area contributed by atoms with Gasteiger partial charge in [-0.1, -0.05) is 17.7 Å². The van der Waals surface area contributed by atoms with Gasteiger partial charge in [-0.05, 0) is 30.3 Å². The Balaban J connectivity index is 2.38. The third-order valence-electron chi connectivity index (χ3n) is 2.66. The number of carboxylic acids is 1. The molecule has 0 atom stereocenters. The van der Waals surface area contributed by atoms with Crippen molar-refractivity contribution >= 4 is 29.2 Å². The number of benzene rings is 2. The van der Waals surface area contributed by atoms with Crippen LogP contribution in [0.1, 0.15) is 20.7 Å². The van der Waals surface area contributed by atoms with E-state index in [0.29, 0.717) is 0 Å². The first-order valence-electron chi connectivity index (χ1n) is 5.68. The zero-order valence-corrected chi connectivity index (χ0v) is 11.1. The number of nitrogens with one attached hydrogen (secondary N) is 1. The number of rotatable bonds is 3. The Morgan fingerprint density at radius 2 is 1.76 bits per heavy atom. The first kappa shape index (κ1) is 14.9. The Labute approximate surface area is 123 Å². The van der Waals surface area contributed by atoms with E-state index in [1.54, 1.807) is 0 Å². The van der Waals surface area contributed by atoms with E-state index in [1.807, 2.05) is 0 Å². The average molecular weight is 312 g/mol. The number of carbonyl (C=O) groups is 2. The lowest BCUT2D eigenvalue weighted by Gasteiger charge is -2.10. The van der Waals surface area contributed by atoms with E-state index in [4.69, 9.17) is 16.7 Å². The number of aromatic carboxylic acids is 1. The average Bonchev–Trinajstić information content (AvgIpc) is 2.40. The highest BCUT2D eigenvalue weighted by Crippen LogP contribution is 2.22. The predicted molar refractivity (Wildman–Crippen MR) is 72.7 cm³/mol. The quantitative estimate of drug-likeness (QED) is 0.910. The molecule has 7 heteroatoms. The molecule has 0 aromatic heterocycles. The largest absolute Gasteiger partial charge is 0.478 e. The molecule has 0 spiro atoms. The highest BCUT2D eigenvalue weighted by Gasteiger charge is 2.19. The topological polar surface area (TPSA) is 66.4 Å². The highest BCUT2D eigenvalue weighted by molar-refractivity contribution is 6.30. The Hall–Kier alpha value is -2.47. The van der Waals surface area contributed by atoms with Crippen molar-refractivity contribution in [1.82, 2.24) is 0 Å². The number of para-hydroxylation sites is 1. The van der Waals surface area contributed by atoms with Crippen molar-refractivity contribution in [3.05, 3.63) is 64.2 Å². The van der Waals surface area contributed by atoms with E-state index in [2.05, 4.69) is 5.32 Å². The van der Waals surface area contributed by atoms with Crippen LogP contribution in [-0.4, -0.2) is 17.0 Å². The molecule has 0 unspecified atom stereocenters. The summed E-state index contributed by atoms with van der Waals surface area (Å²) in [6.45, 7) is 0. The van der Waals surface area contributed by atoms with Crippen LogP contribution in [-0.2, 0) is 0 Å². The van der Waals surface area contributed by atoms with Crippen molar-refractivity contribution in [2.24, 2.45) is 0 Å². The van der Waals surface area contributed by atoms with Gasteiger partial charge < -0.3 is 10.4 Å². The van der Waals surface area contributed by atoms with Gasteiger partial charge >= 0.3 is 5.97 Å². The number of amides is 1. The van der Waals surface area contributed by atoms with Crippen molar-refractivity contribution in [3.8, 4) is 0 Å². The summed E-state index contributed by atoms with van der Waals surface area (Å²) in [7, 11) is 0. The maximum atomic E-state index is 13.7. The normalized spacial score (nSPS) is 10.2. The maximum absolute atomic E-state index is 13.7. The van der Waals surface area contributed by atoms with Gasteiger partial charge in [0.2, 0.25) is 0 Å². The predicted octanol–water partition coefficient (Wildman–Crippen LogP) is 3.57. The summed E-state index contributed by atoms with van der Waals surface area (Å²) in [5.41, 5.74) is -1.33. The van der Waals surface area contributed by atoms with Gasteiger partial charge in [-0.15, -0.1) is 0 Å². The number of hydrogen-bond acceptors (Lipinski definition) is 2. The van der Waals surface area contributed by atoms with Gasteiger partial charge in [-0.2, -0.15) is 0 Å². The molecule has 4 nitrogen and oxygen atoms in total. The monoisotopic (exact) mass is 311 g/mol. The van der Waals surface area contributed by atoms with E-state index in [9.17, 15) is 18.4 Å². The first-order valence-corrected chi connectivity index (χ1v) is 6.06. The van der Waals surface area contributed by atoms with Crippen LogP contribution in [0.4, 0.5) is 14.5 Å². The van der Waals surface area contributed by atoms with Gasteiger partial charge in [0.25, 0.3) is 5.91 Å². The zero-order chi connectivity index (χ0) is 15.6. The van der Waals surface area contributed by atoms with Gasteiger partial charge in [0.1, 0.15) is 11.6 Å². The van der Waals surface area contributed by atoms with Gasteiger partial charge in [0.15, 0.2) is 0 Å². The molecule has 1 amide bonds. The van der Waals surface area contributed by atoms with Crippen LogP contribution >= 0.6 is 11.6 Å². The molecule has 0 fully saturated rings. The second-order valence-electron chi connectivity index (χ2n) is 4.05. The molecule has 2 aromatic rings. The lowest BCUT2D eigenvalue weighted by molar-refractivity contribution is 0.0697. The molecule has 2 N–H and O–H groups in total. The summed E-state index contributed by atoms with van der Waals surface area (Å²) in [6, 6.07) is 6.64. The molecule has 0 radical (unpaired) electrons. The Morgan fingerprint density at radius 3 is 2.38 bits per heavy atom. The van der Waals surface area contributed by atoms with Gasteiger partial charge in [-0.25, -0.2) is 13.6 Å². The molecule has 0 aliphatic carbocycles. The van der Waals surface area contributed by atoms with Crippen LogP contribution in [0.3, 0.4) is 0 Å². The van der Waals surface area contributed by atoms with Crippen LogP contribution < -0.4 is 5.32 Å². The molecule has 0 bridgehead atoms. The first-order chi connectivity index (χ1) is 9.90. The fourth-order valence-electron chi connectivity index (χ4n) is 1.68. The van der Waals surface area contributed by atoms with Gasteiger partial charge in [0.05, 0.1) is 16.8 Å². The molecule has 2 rings (SSSR count). The third-order valence-corrected chi connectivity index (χ3v) is 2.89. The van der Waals surface area contributed by atoms with Gasteiger partial charge in [-0.3, -0.25) is 4.79 Å². The summed E-state index contributed by atoms with van der Waals surface area (Å²) in [5, 5.41) is 11.1. The fraction of sp³-hybridized carbons (Fsp3) is 0. The molecule has 0 saturated carbocycles. The number of carboxylic acid groups (broad SMARTS) is 1. The lowest BCUT2D eigenvalue weighted by Crippen LogP contribution is -2.17. The van der Waals surface area contributed by atoms with E-state index >= 15 is 0 Å². The molecule has 0 aliphatic heterocycles. The summed E-state index contributed by atoms with van der Waals surface area (Å²) in [6.07, 6.45) is 0. The third kappa shape index (κ3) is 3.17. The van der Waals surface area contributed by atoms with Crippen molar-refractivity contribution < 1.29 is 23.5 Å². The summed E-state index contributed by atoms with van der Waals surface area (Å²) in [5.74, 6) is -4.22. The minimum absolute atomic E-state index is 0.0983. The number of carbonyl (C=O) groups excluding carboxylic acids is 1. The fourth-order valence-corrected chi connectivity index (χ4v) is 1.84. The van der Waals surface area contributed by atoms with Crippen LogP contribution in [0, 0.1) is 11.6 Å². The molecule has 108 valence electrons. The van der Waals surface area contributed by atoms with E-state index in [0.717, 1.165) is 24.3 Å². The Bertz CT molecular complexity index is 734. The number of hydrogen-bond donors (Lipinski definition) is 2. The second kappa shape index (κ2) is 5.88. The van der Waals surface area contributed by atoms with E-state index in [-0.39, 0.29) is 10.6 Å². The molecular formula is C14H8ClF2NO3. The lowest BCUT2D eigenvalue weighted by atomic mass is 10.1. The maximum Gasteiger partial charge on any atom is 0.337 e. The minimum atomic E-state index is -1.42. The van der Waals surface area contributed by atoms with Gasteiger partial charge in [0, 0.05) is 5.02 Å². The van der Waals surface area contributed by atoms with Crippen molar-refractivity contribution in [2.45, 2.75) is 0 Å². The Kier molecular flexibility index (Phi) is 4.18. The zero-order valence-electron chi connectivity index (χ0n) is 10.4. The van der Waals surface area contributed by atoms with Crippen LogP contribution in [0.2, 0.25) is 5.02 Å². The van der Waals surface area contributed by atoms with Crippen molar-refractivity contribution in [2.75, 3.05) is 5.32 Å². The SMILES string of the molecule is O=C(Nc1c(F)cccc1C(=O)O)c1ccc(Cl)cc1F. The molecule has 21 heavy (non-hydrogen) atoms. The standard InChI is InChI=1S/C14H8ClF2NO3/c15-7-4-5-8(11(17)6-7)13(19)18-12-9(14(20)21)2-1-3-10(12)16/h1-6H,(H,18,19)(H,20,21). The number of halogens is 3. The smallest absolute Gasteiger partial charge is 0.337 e. The van der Waals surface area contributed by atoms with Crippen molar-refractivity contribution in [1.29, 1.82) is 0 Å². The van der Waals surface area contributed by atoms with Crippen molar-refractivity contribution in [3.63, 3.8) is 0 Å². The van der Waals surface area contributed by atoms with E-state index in [1.165, 1.54) is 12.1 Å². The Morgan fingerprint density at radius 1 is 1.05 bits per heavy atom. The summed E-state index contributed by atoms with van der Waals surface area (Å²) < 4.78 is 27.3. The second-order valence-corrected chi connectivity index (χ2v) is 4.48. The molecular weight excluding hydrogens is 304 g/mol. The molecule has 2 aromatic carbocycles. The minimum Gasteiger partial charge on any atom is -0.478 e. The van der Waals surface area contributed by atoms with Crippen LogP contribution in [0.25, 0.3) is 0 Å². The molecule has 0 aliphatic rings.